The number of nitrogens with zero attached hydrogens (tertiary/aromatic N) is 4. The number of halogens is 8. The molecule has 0 unspecified atom stereocenters. The van der Waals surface area contributed by atoms with Gasteiger partial charge in [-0.05, 0) is 92.3 Å². The average Bonchev–Trinajstić information content (AvgIpc) is 3.41. The van der Waals surface area contributed by atoms with Crippen LogP contribution in [0.5, 0.6) is 23.0 Å². The number of ether oxygens (including phenoxy) is 8. The van der Waals surface area contributed by atoms with E-state index in [4.69, 9.17) is 37.9 Å². The number of hydrogen-bond acceptors (Lipinski definition) is 10. The Hall–Kier alpha value is -7.39. The fourth-order valence-electron chi connectivity index (χ4n) is 7.25. The van der Waals surface area contributed by atoms with E-state index in [0.29, 0.717) is 102 Å². The standard InChI is InChI=1S/C32H36O8.C22H20N4.2BF4/c1-2-6-26-22-30-29(21-25(26)5-1)37-17-13-33-9-10-35-15-19-39-31-23-27-7-3-4-8-28(27)24-32(31)40-20-16-36-12-11-34-14-18-38-30;1-9-23-10-2-19(1)21-5-13-25(14-6-21)17-18-26-15-7-22(8-16-26)20-3-11-24-12-4-20;2*2-1(3,4)5/h1-8,21-24H,9-20H2;1-16H,17-18H2;;/q;+2;2*-1. The SMILES string of the molecule is F[B-](F)(F)F.F[B-](F)(F)F.c1cc(-c2cc[n+](CC[n+]3ccc(-c4ccncc4)cc3)cc2)ccn1.c1ccc2cc3c(cc2c1)OCCOCCOCCOc1cc2ccccc2cc1OCCOCCOCCO3. The van der Waals surface area contributed by atoms with Crippen molar-refractivity contribution in [1.29, 1.82) is 0 Å². The van der Waals surface area contributed by atoms with Crippen molar-refractivity contribution < 1.29 is 81.6 Å². The van der Waals surface area contributed by atoms with Gasteiger partial charge in [0.15, 0.2) is 47.8 Å². The molecule has 0 fully saturated rings. The summed E-state index contributed by atoms with van der Waals surface area (Å²) in [6.07, 6.45) is 15.8. The molecule has 76 heavy (non-hydrogen) atoms. The molecule has 0 spiro atoms. The molecule has 1 aliphatic heterocycles. The molecule has 12 nitrogen and oxygen atoms in total. The van der Waals surface area contributed by atoms with E-state index in [9.17, 15) is 34.5 Å². The first-order valence-corrected chi connectivity index (χ1v) is 24.2. The summed E-state index contributed by atoms with van der Waals surface area (Å²) in [5.41, 5.74) is 4.79. The average molecular weight is 1060 g/mol. The van der Waals surface area contributed by atoms with Crippen molar-refractivity contribution in [3.63, 3.8) is 0 Å². The van der Waals surface area contributed by atoms with Gasteiger partial charge in [-0.1, -0.05) is 48.5 Å². The molecule has 0 atom stereocenters. The Balaban J connectivity index is 0.000000222. The monoisotopic (exact) mass is 1060 g/mol. The fraction of sp³-hybridized carbons (Fsp3) is 0.259. The van der Waals surface area contributed by atoms with Crippen LogP contribution in [0.15, 0.2) is 171 Å². The normalized spacial score (nSPS) is 14.3. The zero-order chi connectivity index (χ0) is 53.9. The Morgan fingerprint density at radius 1 is 0.329 bits per heavy atom. The Bertz CT molecular complexity index is 2610. The lowest BCUT2D eigenvalue weighted by Gasteiger charge is -2.16. The van der Waals surface area contributed by atoms with Gasteiger partial charge < -0.3 is 72.4 Å². The summed E-state index contributed by atoms with van der Waals surface area (Å²) in [5.74, 6) is 2.73. The van der Waals surface area contributed by atoms with E-state index in [0.717, 1.165) is 34.6 Å². The maximum absolute atomic E-state index is 9.75. The molecule has 4 aromatic heterocycles. The Labute approximate surface area is 434 Å². The van der Waals surface area contributed by atoms with Crippen LogP contribution in [0.3, 0.4) is 0 Å². The smallest absolute Gasteiger partial charge is 0.487 e. The van der Waals surface area contributed by atoms with E-state index in [2.05, 4.69) is 92.4 Å². The largest absolute Gasteiger partial charge is 0.673 e. The predicted octanol–water partition coefficient (Wildman–Crippen LogP) is 11.0. The molecule has 0 amide bonds. The first-order chi connectivity index (χ1) is 36.7. The van der Waals surface area contributed by atoms with Crippen LogP contribution in [-0.2, 0) is 32.0 Å². The highest BCUT2D eigenvalue weighted by atomic mass is 19.5. The van der Waals surface area contributed by atoms with Gasteiger partial charge in [-0.15, -0.1) is 0 Å². The number of hydrogen-bond donors (Lipinski definition) is 0. The molecule has 1 aliphatic rings. The van der Waals surface area contributed by atoms with Crippen LogP contribution in [0, 0.1) is 0 Å². The lowest BCUT2D eigenvalue weighted by Crippen LogP contribution is -2.43. The number of aromatic nitrogens is 4. The number of pyridine rings is 4. The zero-order valence-corrected chi connectivity index (χ0v) is 41.3. The van der Waals surface area contributed by atoms with Crippen LogP contribution in [0.4, 0.5) is 34.5 Å². The highest BCUT2D eigenvalue weighted by molar-refractivity contribution is 6.50. The molecule has 5 heterocycles. The van der Waals surface area contributed by atoms with Crippen molar-refractivity contribution in [1.82, 2.24) is 9.97 Å². The summed E-state index contributed by atoms with van der Waals surface area (Å²) in [6.45, 7) is 7.06. The minimum atomic E-state index is -6.00. The Kier molecular flexibility index (Phi) is 23.5. The second-order valence-electron chi connectivity index (χ2n) is 16.2. The van der Waals surface area contributed by atoms with Crippen LogP contribution in [0.1, 0.15) is 0 Å². The van der Waals surface area contributed by atoms with Crippen LogP contribution in [0.25, 0.3) is 43.8 Å². The minimum Gasteiger partial charge on any atom is -0.487 e. The maximum Gasteiger partial charge on any atom is 0.673 e. The molecule has 402 valence electrons. The molecule has 22 heteroatoms. The molecule has 0 N–H and O–H groups in total. The number of aryl methyl sites for hydroxylation is 2. The number of benzene rings is 4. The first-order valence-electron chi connectivity index (χ1n) is 24.2. The lowest BCUT2D eigenvalue weighted by molar-refractivity contribution is -0.778. The van der Waals surface area contributed by atoms with E-state index in [-0.39, 0.29) is 0 Å². The molecule has 4 aromatic carbocycles. The lowest BCUT2D eigenvalue weighted by atomic mass is 10.1. The van der Waals surface area contributed by atoms with Gasteiger partial charge in [0.25, 0.3) is 0 Å². The quantitative estimate of drug-likeness (QED) is 0.0939. The van der Waals surface area contributed by atoms with E-state index < -0.39 is 14.5 Å². The van der Waals surface area contributed by atoms with Crippen molar-refractivity contribution in [2.24, 2.45) is 0 Å². The minimum absolute atomic E-state index is 0.399. The van der Waals surface area contributed by atoms with E-state index in [1.807, 2.05) is 97.6 Å². The zero-order valence-electron chi connectivity index (χ0n) is 41.3. The Morgan fingerprint density at radius 3 is 0.803 bits per heavy atom. The molecule has 0 bridgehead atoms. The molecule has 0 radical (unpaired) electrons. The van der Waals surface area contributed by atoms with Crippen molar-refractivity contribution in [3.05, 3.63) is 171 Å². The van der Waals surface area contributed by atoms with Crippen molar-refractivity contribution in [2.45, 2.75) is 13.1 Å². The maximum atomic E-state index is 9.75. The summed E-state index contributed by atoms with van der Waals surface area (Å²) in [5, 5.41) is 4.34. The van der Waals surface area contributed by atoms with Gasteiger partial charge in [0.1, 0.15) is 26.4 Å². The van der Waals surface area contributed by atoms with Crippen molar-refractivity contribution >= 4 is 36.1 Å². The summed E-state index contributed by atoms with van der Waals surface area (Å²) in [6, 6.07) is 40.9. The van der Waals surface area contributed by atoms with Crippen LogP contribution in [0.2, 0.25) is 0 Å². The van der Waals surface area contributed by atoms with E-state index >= 15 is 0 Å². The summed E-state index contributed by atoms with van der Waals surface area (Å²) >= 11 is 0. The van der Waals surface area contributed by atoms with Gasteiger partial charge in [0.05, 0.1) is 52.9 Å². The van der Waals surface area contributed by atoms with Crippen molar-refractivity contribution in [3.8, 4) is 45.3 Å². The molecule has 9 rings (SSSR count). The Morgan fingerprint density at radius 2 is 0.553 bits per heavy atom. The van der Waals surface area contributed by atoms with E-state index in [1.165, 1.54) is 22.3 Å². The van der Waals surface area contributed by atoms with E-state index in [1.54, 1.807) is 0 Å². The number of rotatable bonds is 5. The first kappa shape index (κ1) is 57.9. The fourth-order valence-corrected chi connectivity index (χ4v) is 7.25. The molecule has 8 aromatic rings. The summed E-state index contributed by atoms with van der Waals surface area (Å²) in [7, 11) is -12.0. The van der Waals surface area contributed by atoms with Gasteiger partial charge in [-0.2, -0.15) is 9.13 Å². The van der Waals surface area contributed by atoms with Gasteiger partial charge in [-0.25, -0.2) is 0 Å². The third-order valence-corrected chi connectivity index (χ3v) is 10.7. The van der Waals surface area contributed by atoms with Crippen LogP contribution < -0.4 is 28.1 Å². The second-order valence-corrected chi connectivity index (χ2v) is 16.2. The van der Waals surface area contributed by atoms with Crippen LogP contribution in [-0.4, -0.2) is 104 Å². The van der Waals surface area contributed by atoms with Gasteiger partial charge in [0.2, 0.25) is 13.1 Å². The third kappa shape index (κ3) is 22.2. The summed E-state index contributed by atoms with van der Waals surface area (Å²) in [4.78, 5) is 8.13. The molecule has 0 aliphatic carbocycles. The number of fused-ring (bicyclic) bond motifs is 4. The molecule has 0 saturated carbocycles. The molecule has 0 saturated heterocycles. The second kappa shape index (κ2) is 30.8. The third-order valence-electron chi connectivity index (χ3n) is 10.7. The molecular weight excluding hydrogens is 1010 g/mol. The topological polar surface area (TPSA) is 107 Å². The van der Waals surface area contributed by atoms with Crippen molar-refractivity contribution in [2.75, 3.05) is 79.3 Å². The predicted molar refractivity (Wildman–Crippen MR) is 273 cm³/mol. The summed E-state index contributed by atoms with van der Waals surface area (Å²) < 4.78 is 129. The molecular formula is C54H56B2F8N4O8. The van der Waals surface area contributed by atoms with Gasteiger partial charge >= 0.3 is 14.5 Å². The highest BCUT2D eigenvalue weighted by Gasteiger charge is 2.21. The van der Waals surface area contributed by atoms with Gasteiger partial charge in [-0.3, -0.25) is 9.97 Å². The van der Waals surface area contributed by atoms with Gasteiger partial charge in [0, 0.05) is 49.1 Å². The van der Waals surface area contributed by atoms with Crippen LogP contribution >= 0.6 is 0 Å². The highest BCUT2D eigenvalue weighted by Crippen LogP contribution is 2.34.